The molecule has 0 amide bonds. The van der Waals surface area contributed by atoms with Crippen molar-refractivity contribution in [3.05, 3.63) is 59.0 Å². The molecule has 23 heavy (non-hydrogen) atoms. The van der Waals surface area contributed by atoms with Crippen LogP contribution in [0.25, 0.3) is 22.8 Å². The number of rotatable bonds is 2. The first-order valence-corrected chi connectivity index (χ1v) is 10.2. The van der Waals surface area contributed by atoms with E-state index in [1.54, 1.807) is 0 Å². The van der Waals surface area contributed by atoms with E-state index in [4.69, 9.17) is 4.98 Å². The van der Waals surface area contributed by atoms with Gasteiger partial charge in [0.25, 0.3) is 0 Å². The molecular weight excluding hydrogens is 622 g/mol. The lowest BCUT2D eigenvalue weighted by atomic mass is 10.2. The van der Waals surface area contributed by atoms with Gasteiger partial charge in [0.1, 0.15) is 9.21 Å². The Morgan fingerprint density at radius 3 is 1.09 bits per heavy atom. The van der Waals surface area contributed by atoms with Crippen molar-refractivity contribution in [3.63, 3.8) is 0 Å². The van der Waals surface area contributed by atoms with Crippen LogP contribution in [0.2, 0.25) is 0 Å². The van der Waals surface area contributed by atoms with Gasteiger partial charge in [-0.15, -0.1) is 0 Å². The quantitative estimate of drug-likeness (QED) is 0.287. The summed E-state index contributed by atoms with van der Waals surface area (Å²) in [7, 11) is 0. The van der Waals surface area contributed by atoms with E-state index in [1.807, 2.05) is 36.4 Å². The maximum atomic E-state index is 4.70. The van der Waals surface area contributed by atoms with Crippen molar-refractivity contribution < 1.29 is 0 Å². The fraction of sp³-hybridized carbons (Fsp3) is 0. The Bertz CT molecular complexity index is 788. The van der Waals surface area contributed by atoms with Crippen molar-refractivity contribution in [2.24, 2.45) is 0 Å². The van der Waals surface area contributed by atoms with E-state index >= 15 is 0 Å². The van der Waals surface area contributed by atoms with E-state index in [0.29, 0.717) is 0 Å². The Kier molecular flexibility index (Phi) is 5.68. The molecule has 8 heteroatoms. The highest BCUT2D eigenvalue weighted by Gasteiger charge is 2.11. The molecule has 0 bridgehead atoms. The zero-order chi connectivity index (χ0) is 16.6. The van der Waals surface area contributed by atoms with Crippen LogP contribution in [0.3, 0.4) is 0 Å². The summed E-state index contributed by atoms with van der Waals surface area (Å²) in [6.45, 7) is 0. The van der Waals surface area contributed by atoms with Gasteiger partial charge in [-0.3, -0.25) is 0 Å². The maximum absolute atomic E-state index is 4.70. The van der Waals surface area contributed by atoms with Gasteiger partial charge in [-0.1, -0.05) is 47.8 Å². The molecule has 0 fully saturated rings. The van der Waals surface area contributed by atoms with E-state index in [2.05, 4.69) is 89.6 Å². The van der Waals surface area contributed by atoms with Gasteiger partial charge in [-0.05, 0) is 68.3 Å². The van der Waals surface area contributed by atoms with E-state index < -0.39 is 0 Å². The summed E-state index contributed by atoms with van der Waals surface area (Å²) in [5.74, 6) is 0. The van der Waals surface area contributed by atoms with Crippen molar-refractivity contribution in [1.82, 2.24) is 15.0 Å². The van der Waals surface area contributed by atoms with Crippen molar-refractivity contribution in [2.45, 2.75) is 0 Å². The molecule has 116 valence electrons. The van der Waals surface area contributed by atoms with E-state index in [-0.39, 0.29) is 0 Å². The minimum atomic E-state index is 0.744. The molecule has 0 saturated carbocycles. The molecule has 3 aromatic rings. The second-order valence-corrected chi connectivity index (χ2v) is 8.91. The van der Waals surface area contributed by atoms with Crippen molar-refractivity contribution >= 4 is 79.6 Å². The lowest BCUT2D eigenvalue weighted by Gasteiger charge is -2.07. The zero-order valence-electron chi connectivity index (χ0n) is 11.2. The number of hydrogen-bond acceptors (Lipinski definition) is 3. The van der Waals surface area contributed by atoms with Gasteiger partial charge in [0.15, 0.2) is 0 Å². The summed E-state index contributed by atoms with van der Waals surface area (Å²) >= 11 is 17.3. The van der Waals surface area contributed by atoms with E-state index in [9.17, 15) is 0 Å². The highest BCUT2D eigenvalue weighted by Crippen LogP contribution is 2.30. The first-order valence-electron chi connectivity index (χ1n) is 6.25. The minimum absolute atomic E-state index is 0.744. The topological polar surface area (TPSA) is 38.7 Å². The third kappa shape index (κ3) is 4.48. The Balaban J connectivity index is 2.16. The monoisotopic (exact) mass is 623 g/mol. The molecule has 0 N–H and O–H groups in total. The maximum Gasteiger partial charge on any atom is 0.107 e. The standard InChI is InChI=1S/C15H6Br5N3/c16-7-1-10(12-3-8(17)5-14(19)22-12)21-11(2-7)13-4-9(18)6-15(20)23-13/h1-6H. The lowest BCUT2D eigenvalue weighted by molar-refractivity contribution is 1.18. The summed E-state index contributed by atoms with van der Waals surface area (Å²) in [5.41, 5.74) is 3.05. The van der Waals surface area contributed by atoms with Gasteiger partial charge in [-0.25, -0.2) is 15.0 Å². The molecule has 0 saturated heterocycles. The molecule has 3 rings (SSSR count). The van der Waals surface area contributed by atoms with Crippen LogP contribution in [0.5, 0.6) is 0 Å². The summed E-state index contributed by atoms with van der Waals surface area (Å²) in [5, 5.41) is 0. The summed E-state index contributed by atoms with van der Waals surface area (Å²) < 4.78 is 4.26. The highest BCUT2D eigenvalue weighted by atomic mass is 79.9. The molecule has 0 atom stereocenters. The minimum Gasteiger partial charge on any atom is -0.244 e. The Labute approximate surface area is 175 Å². The number of nitrogens with zero attached hydrogens (tertiary/aromatic N) is 3. The Morgan fingerprint density at radius 2 is 0.739 bits per heavy atom. The first-order chi connectivity index (χ1) is 10.9. The van der Waals surface area contributed by atoms with Crippen LogP contribution in [0, 0.1) is 0 Å². The fourth-order valence-corrected chi connectivity index (χ4v) is 4.74. The highest BCUT2D eigenvalue weighted by molar-refractivity contribution is 9.11. The average Bonchev–Trinajstić information content (AvgIpc) is 2.44. The predicted molar refractivity (Wildman–Crippen MR) is 109 cm³/mol. The number of halogens is 5. The Hall–Kier alpha value is -0.150. The third-order valence-electron chi connectivity index (χ3n) is 2.83. The summed E-state index contributed by atoms with van der Waals surface area (Å²) in [6, 6.07) is 11.5. The van der Waals surface area contributed by atoms with Crippen LogP contribution in [0.1, 0.15) is 0 Å². The van der Waals surface area contributed by atoms with Gasteiger partial charge >= 0.3 is 0 Å². The molecule has 0 aliphatic heterocycles. The SMILES string of the molecule is Brc1cc(Br)nc(-c2cc(Br)cc(-c3cc(Br)cc(Br)n3)n2)c1. The summed E-state index contributed by atoms with van der Waals surface area (Å²) in [6.07, 6.45) is 0. The van der Waals surface area contributed by atoms with Gasteiger partial charge in [0.05, 0.1) is 22.8 Å². The number of pyridine rings is 3. The average molecular weight is 628 g/mol. The molecule has 0 aliphatic carbocycles. The lowest BCUT2D eigenvalue weighted by Crippen LogP contribution is -1.94. The molecule has 3 aromatic heterocycles. The van der Waals surface area contributed by atoms with Crippen LogP contribution in [0.4, 0.5) is 0 Å². The van der Waals surface area contributed by atoms with Gasteiger partial charge in [-0.2, -0.15) is 0 Å². The number of aromatic nitrogens is 3. The molecule has 0 aliphatic rings. The molecule has 0 radical (unpaired) electrons. The molecule has 3 heterocycles. The van der Waals surface area contributed by atoms with Crippen molar-refractivity contribution in [3.8, 4) is 22.8 Å². The normalized spacial score (nSPS) is 10.8. The second kappa shape index (κ2) is 7.39. The van der Waals surface area contributed by atoms with Crippen LogP contribution in [-0.4, -0.2) is 15.0 Å². The first kappa shape index (κ1) is 17.7. The molecular formula is C15H6Br5N3. The fourth-order valence-electron chi connectivity index (χ4n) is 1.95. The van der Waals surface area contributed by atoms with E-state index in [1.165, 1.54) is 0 Å². The van der Waals surface area contributed by atoms with Crippen LogP contribution in [-0.2, 0) is 0 Å². The second-order valence-electron chi connectivity index (χ2n) is 4.54. The largest absolute Gasteiger partial charge is 0.244 e. The molecule has 3 nitrogen and oxygen atoms in total. The van der Waals surface area contributed by atoms with Crippen LogP contribution < -0.4 is 0 Å². The zero-order valence-corrected chi connectivity index (χ0v) is 19.1. The van der Waals surface area contributed by atoms with Crippen LogP contribution in [0.15, 0.2) is 59.0 Å². The Morgan fingerprint density at radius 1 is 0.435 bits per heavy atom. The van der Waals surface area contributed by atoms with Gasteiger partial charge in [0.2, 0.25) is 0 Å². The molecule has 0 aromatic carbocycles. The summed E-state index contributed by atoms with van der Waals surface area (Å²) in [4.78, 5) is 13.7. The van der Waals surface area contributed by atoms with Gasteiger partial charge < -0.3 is 0 Å². The smallest absolute Gasteiger partial charge is 0.107 e. The van der Waals surface area contributed by atoms with E-state index in [0.717, 1.165) is 45.4 Å². The van der Waals surface area contributed by atoms with Crippen molar-refractivity contribution in [1.29, 1.82) is 0 Å². The van der Waals surface area contributed by atoms with Gasteiger partial charge in [0, 0.05) is 13.4 Å². The third-order valence-corrected chi connectivity index (χ3v) is 5.02. The van der Waals surface area contributed by atoms with Crippen molar-refractivity contribution in [2.75, 3.05) is 0 Å². The molecule has 0 spiro atoms. The predicted octanol–water partition coefficient (Wildman–Crippen LogP) is 7.02. The molecule has 0 unspecified atom stereocenters. The number of hydrogen-bond donors (Lipinski definition) is 0. The van der Waals surface area contributed by atoms with Crippen LogP contribution >= 0.6 is 79.6 Å².